The topological polar surface area (TPSA) is 62.5 Å². The lowest BCUT2D eigenvalue weighted by Crippen LogP contribution is -2.45. The number of aromatic nitrogens is 2. The Bertz CT molecular complexity index is 1090. The van der Waals surface area contributed by atoms with Gasteiger partial charge < -0.3 is 15.1 Å². The smallest absolute Gasteiger partial charge is 0.329 e. The monoisotopic (exact) mass is 407 g/mol. The van der Waals surface area contributed by atoms with Crippen molar-refractivity contribution in [1.82, 2.24) is 19.4 Å². The summed E-state index contributed by atoms with van der Waals surface area (Å²) >= 11 is 0. The molecule has 30 heavy (non-hydrogen) atoms. The number of carbonyl (C=O) groups is 1. The molecule has 1 N–H and O–H groups in total. The highest BCUT2D eigenvalue weighted by Gasteiger charge is 2.18. The normalized spacial score (nSPS) is 14.9. The Morgan fingerprint density at radius 2 is 1.57 bits per heavy atom. The van der Waals surface area contributed by atoms with Gasteiger partial charge in [-0.05, 0) is 37.7 Å². The van der Waals surface area contributed by atoms with Gasteiger partial charge in [0.25, 0.3) is 0 Å². The molecule has 1 fully saturated rings. The van der Waals surface area contributed by atoms with Crippen LogP contribution in [0.5, 0.6) is 0 Å². The maximum atomic E-state index is 12.8. The molecule has 4 rings (SSSR count). The second kappa shape index (κ2) is 8.75. The van der Waals surface area contributed by atoms with E-state index in [-0.39, 0.29) is 18.1 Å². The van der Waals surface area contributed by atoms with Gasteiger partial charge in [-0.25, -0.2) is 4.79 Å². The van der Waals surface area contributed by atoms with Crippen molar-refractivity contribution in [3.63, 3.8) is 0 Å². The summed E-state index contributed by atoms with van der Waals surface area (Å²) in [5, 5.41) is 3.01. The third-order valence-electron chi connectivity index (χ3n) is 5.85. The quantitative estimate of drug-likeness (QED) is 0.678. The Morgan fingerprint density at radius 3 is 2.27 bits per heavy atom. The van der Waals surface area contributed by atoms with Crippen molar-refractivity contribution in [2.75, 3.05) is 38.1 Å². The number of nitrogens with zero attached hydrogens (tertiary/aromatic N) is 4. The predicted molar refractivity (Wildman–Crippen MR) is 120 cm³/mol. The molecule has 2 heterocycles. The lowest BCUT2D eigenvalue weighted by atomic mass is 10.1. The fraction of sp³-hybridized carbons (Fsp3) is 0.391. The number of anilines is 1. The van der Waals surface area contributed by atoms with Crippen molar-refractivity contribution in [2.24, 2.45) is 0 Å². The standard InChI is InChI=1S/C23H29N5O2/c1-3-27-20-10-6-7-11-21(20)28(23(27)30)17-22(29)24-16-18-8-4-5-9-19(18)26-14-12-25(2)13-15-26/h4-11H,3,12-17H2,1-2H3,(H,24,29). The van der Waals surface area contributed by atoms with E-state index in [1.165, 1.54) is 5.69 Å². The van der Waals surface area contributed by atoms with Crippen LogP contribution in [0.1, 0.15) is 12.5 Å². The number of fused-ring (bicyclic) bond motifs is 1. The number of carbonyl (C=O) groups excluding carboxylic acids is 1. The first kappa shape index (κ1) is 20.2. The second-order valence-electron chi connectivity index (χ2n) is 7.80. The maximum absolute atomic E-state index is 12.8. The van der Waals surface area contributed by atoms with E-state index in [4.69, 9.17) is 0 Å². The zero-order valence-corrected chi connectivity index (χ0v) is 17.7. The number of piperazine rings is 1. The number of aryl methyl sites for hydroxylation is 1. The van der Waals surface area contributed by atoms with Crippen LogP contribution in [-0.2, 0) is 24.4 Å². The largest absolute Gasteiger partial charge is 0.369 e. The highest BCUT2D eigenvalue weighted by molar-refractivity contribution is 5.81. The fourth-order valence-corrected chi connectivity index (χ4v) is 4.14. The first-order valence-electron chi connectivity index (χ1n) is 10.5. The average Bonchev–Trinajstić information content (AvgIpc) is 3.04. The van der Waals surface area contributed by atoms with Crippen molar-refractivity contribution in [1.29, 1.82) is 0 Å². The molecule has 2 aromatic carbocycles. The minimum absolute atomic E-state index is 0.0169. The number of imidazole rings is 1. The highest BCUT2D eigenvalue weighted by Crippen LogP contribution is 2.21. The van der Waals surface area contributed by atoms with Crippen molar-refractivity contribution in [3.05, 3.63) is 64.6 Å². The van der Waals surface area contributed by atoms with Crippen molar-refractivity contribution < 1.29 is 4.79 Å². The van der Waals surface area contributed by atoms with E-state index in [1.807, 2.05) is 43.3 Å². The fourth-order valence-electron chi connectivity index (χ4n) is 4.14. The van der Waals surface area contributed by atoms with Crippen LogP contribution in [0, 0.1) is 0 Å². The molecule has 0 atom stereocenters. The van der Waals surface area contributed by atoms with Gasteiger partial charge in [0.15, 0.2) is 0 Å². The third-order valence-corrected chi connectivity index (χ3v) is 5.85. The molecule has 1 aromatic heterocycles. The first-order valence-corrected chi connectivity index (χ1v) is 10.5. The molecule has 0 bridgehead atoms. The summed E-state index contributed by atoms with van der Waals surface area (Å²) in [4.78, 5) is 30.2. The molecule has 158 valence electrons. The van der Waals surface area contributed by atoms with Gasteiger partial charge in [-0.15, -0.1) is 0 Å². The molecule has 0 aliphatic carbocycles. The van der Waals surface area contributed by atoms with Gasteiger partial charge in [0.1, 0.15) is 6.54 Å². The van der Waals surface area contributed by atoms with E-state index in [0.717, 1.165) is 42.8 Å². The number of hydrogen-bond acceptors (Lipinski definition) is 4. The molecule has 1 amide bonds. The molecule has 0 spiro atoms. The average molecular weight is 408 g/mol. The van der Waals surface area contributed by atoms with Crippen LogP contribution < -0.4 is 15.9 Å². The number of likely N-dealkylation sites (N-methyl/N-ethyl adjacent to an activating group) is 1. The SMILES string of the molecule is CCn1c(=O)n(CC(=O)NCc2ccccc2N2CCN(C)CC2)c2ccccc21. The summed E-state index contributed by atoms with van der Waals surface area (Å²) in [6.07, 6.45) is 0. The molecule has 1 saturated heterocycles. The van der Waals surface area contributed by atoms with E-state index in [2.05, 4.69) is 34.3 Å². The molecule has 7 nitrogen and oxygen atoms in total. The van der Waals surface area contributed by atoms with Crippen molar-refractivity contribution >= 4 is 22.6 Å². The van der Waals surface area contributed by atoms with E-state index in [0.29, 0.717) is 13.1 Å². The van der Waals surface area contributed by atoms with Gasteiger partial charge in [-0.1, -0.05) is 30.3 Å². The van der Waals surface area contributed by atoms with E-state index < -0.39 is 0 Å². The van der Waals surface area contributed by atoms with Crippen LogP contribution in [-0.4, -0.2) is 53.2 Å². The first-order chi connectivity index (χ1) is 14.6. The summed E-state index contributed by atoms with van der Waals surface area (Å²) in [5.41, 5.74) is 3.77. The number of benzene rings is 2. The Labute approximate surface area is 176 Å². The van der Waals surface area contributed by atoms with E-state index in [9.17, 15) is 9.59 Å². The summed E-state index contributed by atoms with van der Waals surface area (Å²) < 4.78 is 3.26. The second-order valence-corrected chi connectivity index (χ2v) is 7.80. The lowest BCUT2D eigenvalue weighted by Gasteiger charge is -2.35. The zero-order chi connectivity index (χ0) is 21.1. The van der Waals surface area contributed by atoms with Crippen LogP contribution in [0.4, 0.5) is 5.69 Å². The molecular weight excluding hydrogens is 378 g/mol. The van der Waals surface area contributed by atoms with Crippen LogP contribution in [0.15, 0.2) is 53.3 Å². The third kappa shape index (κ3) is 3.98. The Morgan fingerprint density at radius 1 is 0.933 bits per heavy atom. The van der Waals surface area contributed by atoms with Gasteiger partial charge >= 0.3 is 5.69 Å². The van der Waals surface area contributed by atoms with Gasteiger partial charge in [0, 0.05) is 45.0 Å². The summed E-state index contributed by atoms with van der Waals surface area (Å²) in [6, 6.07) is 15.8. The molecule has 0 saturated carbocycles. The number of nitrogens with one attached hydrogen (secondary N) is 1. The number of rotatable bonds is 6. The maximum Gasteiger partial charge on any atom is 0.329 e. The summed E-state index contributed by atoms with van der Waals surface area (Å²) in [6.45, 7) is 7.00. The van der Waals surface area contributed by atoms with E-state index in [1.54, 1.807) is 9.13 Å². The highest BCUT2D eigenvalue weighted by atomic mass is 16.2. The molecule has 0 radical (unpaired) electrons. The number of para-hydroxylation sites is 3. The minimum atomic E-state index is -0.163. The van der Waals surface area contributed by atoms with Gasteiger partial charge in [-0.2, -0.15) is 0 Å². The Hall–Kier alpha value is -3.06. The zero-order valence-electron chi connectivity index (χ0n) is 17.7. The predicted octanol–water partition coefficient (Wildman–Crippen LogP) is 1.89. The Balaban J connectivity index is 1.48. The molecule has 0 unspecified atom stereocenters. The lowest BCUT2D eigenvalue weighted by molar-refractivity contribution is -0.121. The van der Waals surface area contributed by atoms with Gasteiger partial charge in [0.05, 0.1) is 11.0 Å². The summed E-state index contributed by atoms with van der Waals surface area (Å²) in [7, 11) is 2.14. The van der Waals surface area contributed by atoms with Crippen LogP contribution in [0.2, 0.25) is 0 Å². The van der Waals surface area contributed by atoms with Crippen molar-refractivity contribution in [2.45, 2.75) is 26.6 Å². The van der Waals surface area contributed by atoms with E-state index >= 15 is 0 Å². The summed E-state index contributed by atoms with van der Waals surface area (Å²) in [5.74, 6) is -0.163. The van der Waals surface area contributed by atoms with Gasteiger partial charge in [0.2, 0.25) is 5.91 Å². The molecule has 1 aliphatic heterocycles. The number of amides is 1. The van der Waals surface area contributed by atoms with Crippen LogP contribution in [0.3, 0.4) is 0 Å². The van der Waals surface area contributed by atoms with Crippen LogP contribution in [0.25, 0.3) is 11.0 Å². The number of hydrogen-bond donors (Lipinski definition) is 1. The molecular formula is C23H29N5O2. The van der Waals surface area contributed by atoms with Gasteiger partial charge in [-0.3, -0.25) is 13.9 Å². The molecule has 1 aliphatic rings. The molecule has 3 aromatic rings. The molecule has 7 heteroatoms. The van der Waals surface area contributed by atoms with Crippen molar-refractivity contribution in [3.8, 4) is 0 Å². The minimum Gasteiger partial charge on any atom is -0.369 e. The Kier molecular flexibility index (Phi) is 5.90. The van der Waals surface area contributed by atoms with Crippen LogP contribution >= 0.6 is 0 Å².